The molecule has 2 aromatic carbocycles. The zero-order valence-corrected chi connectivity index (χ0v) is 18.6. The second-order valence-corrected chi connectivity index (χ2v) is 8.34. The topological polar surface area (TPSA) is 82.2 Å². The van der Waals surface area contributed by atoms with Gasteiger partial charge in [-0.1, -0.05) is 41.6 Å². The van der Waals surface area contributed by atoms with Crippen molar-refractivity contribution < 1.29 is 13.9 Å². The quantitative estimate of drug-likeness (QED) is 0.385. The molecule has 0 saturated heterocycles. The molecule has 0 radical (unpaired) electrons. The number of fused-ring (bicyclic) bond motifs is 1. The lowest BCUT2D eigenvalue weighted by atomic mass is 10.2. The van der Waals surface area contributed by atoms with Gasteiger partial charge in [0.05, 0.1) is 11.8 Å². The largest absolute Gasteiger partial charge is 0.486 e. The first-order chi connectivity index (χ1) is 15.0. The Balaban J connectivity index is 1.29. The van der Waals surface area contributed by atoms with Gasteiger partial charge in [-0.25, -0.2) is 0 Å². The molecule has 0 bridgehead atoms. The summed E-state index contributed by atoms with van der Waals surface area (Å²) in [6, 6.07) is 16.6. The maximum absolute atomic E-state index is 12.4. The van der Waals surface area contributed by atoms with Crippen molar-refractivity contribution in [3.63, 3.8) is 0 Å². The highest BCUT2D eigenvalue weighted by molar-refractivity contribution is 7.99. The van der Waals surface area contributed by atoms with Crippen LogP contribution in [0.4, 0.5) is 0 Å². The Morgan fingerprint density at radius 1 is 1.23 bits per heavy atom. The van der Waals surface area contributed by atoms with Crippen molar-refractivity contribution in [3.8, 4) is 5.75 Å². The number of aromatic nitrogens is 3. The van der Waals surface area contributed by atoms with Crippen LogP contribution in [0.25, 0.3) is 11.0 Å². The summed E-state index contributed by atoms with van der Waals surface area (Å²) in [4.78, 5) is 12.4. The molecule has 0 aliphatic heterocycles. The van der Waals surface area contributed by atoms with E-state index in [2.05, 4.69) is 15.5 Å². The average Bonchev–Trinajstić information content (AvgIpc) is 3.35. The molecule has 4 aromatic rings. The molecule has 0 unspecified atom stereocenters. The molecule has 0 fully saturated rings. The minimum atomic E-state index is -0.233. The number of furan rings is 1. The minimum absolute atomic E-state index is 0.111. The number of benzene rings is 2. The van der Waals surface area contributed by atoms with Gasteiger partial charge < -0.3 is 19.0 Å². The predicted molar refractivity (Wildman–Crippen MR) is 120 cm³/mol. The van der Waals surface area contributed by atoms with E-state index < -0.39 is 0 Å². The van der Waals surface area contributed by atoms with Crippen LogP contribution >= 0.6 is 23.4 Å². The van der Waals surface area contributed by atoms with Crippen LogP contribution in [0.1, 0.15) is 24.6 Å². The molecule has 2 heterocycles. The van der Waals surface area contributed by atoms with Gasteiger partial charge in [-0.2, -0.15) is 0 Å². The van der Waals surface area contributed by atoms with Crippen LogP contribution in [0.5, 0.6) is 5.75 Å². The third kappa shape index (κ3) is 5.21. The summed E-state index contributed by atoms with van der Waals surface area (Å²) in [5.41, 5.74) is 0.806. The van der Waals surface area contributed by atoms with Crippen molar-refractivity contribution in [2.24, 2.45) is 7.05 Å². The van der Waals surface area contributed by atoms with Gasteiger partial charge in [-0.3, -0.25) is 4.79 Å². The number of hydrogen-bond donors (Lipinski definition) is 1. The zero-order valence-electron chi connectivity index (χ0n) is 17.0. The standard InChI is InChI=1S/C22H21ClN4O3S/c1-14(19-11-15-5-3-4-6-18(15)30-19)24-21(28)13-31-22-26-25-20(27(22)2)12-29-17-9-7-16(23)8-10-17/h3-11,14H,12-13H2,1-2H3,(H,24,28)/t14-/m0/s1. The molecular weight excluding hydrogens is 436 g/mol. The van der Waals surface area contributed by atoms with Crippen LogP contribution in [0.15, 0.2) is 64.2 Å². The fourth-order valence-electron chi connectivity index (χ4n) is 2.98. The molecule has 0 aliphatic rings. The highest BCUT2D eigenvalue weighted by Crippen LogP contribution is 2.24. The molecule has 0 saturated carbocycles. The van der Waals surface area contributed by atoms with Crippen molar-refractivity contribution in [1.29, 1.82) is 0 Å². The van der Waals surface area contributed by atoms with Crippen molar-refractivity contribution in [2.75, 3.05) is 5.75 Å². The first-order valence-electron chi connectivity index (χ1n) is 9.67. The molecule has 31 heavy (non-hydrogen) atoms. The Morgan fingerprint density at radius 2 is 2.00 bits per heavy atom. The summed E-state index contributed by atoms with van der Waals surface area (Å²) < 4.78 is 13.3. The fraction of sp³-hybridized carbons (Fsp3) is 0.227. The minimum Gasteiger partial charge on any atom is -0.486 e. The van der Waals surface area contributed by atoms with Crippen molar-refractivity contribution in [2.45, 2.75) is 24.7 Å². The van der Waals surface area contributed by atoms with Crippen LogP contribution < -0.4 is 10.1 Å². The lowest BCUT2D eigenvalue weighted by molar-refractivity contribution is -0.119. The van der Waals surface area contributed by atoms with Crippen molar-refractivity contribution in [1.82, 2.24) is 20.1 Å². The first-order valence-corrected chi connectivity index (χ1v) is 11.0. The van der Waals surface area contributed by atoms with Crippen molar-refractivity contribution >= 4 is 40.2 Å². The SMILES string of the molecule is C[C@H](NC(=O)CSc1nnc(COc2ccc(Cl)cc2)n1C)c1cc2ccccc2o1. The van der Waals surface area contributed by atoms with Crippen LogP contribution in [0, 0.1) is 0 Å². The lowest BCUT2D eigenvalue weighted by Crippen LogP contribution is -2.28. The fourth-order valence-corrected chi connectivity index (χ4v) is 3.84. The number of hydrogen-bond acceptors (Lipinski definition) is 6. The number of nitrogens with zero attached hydrogens (tertiary/aromatic N) is 3. The molecule has 2 aromatic heterocycles. The summed E-state index contributed by atoms with van der Waals surface area (Å²) in [5, 5.41) is 13.6. The predicted octanol–water partition coefficient (Wildman–Crippen LogP) is 4.76. The Labute approximate surface area is 188 Å². The van der Waals surface area contributed by atoms with Crippen LogP contribution in [-0.2, 0) is 18.4 Å². The molecule has 7 nitrogen and oxygen atoms in total. The van der Waals surface area contributed by atoms with Gasteiger partial charge in [0.25, 0.3) is 0 Å². The summed E-state index contributed by atoms with van der Waals surface area (Å²) in [5.74, 6) is 2.18. The monoisotopic (exact) mass is 456 g/mol. The molecular formula is C22H21ClN4O3S. The smallest absolute Gasteiger partial charge is 0.231 e. The summed E-state index contributed by atoms with van der Waals surface area (Å²) in [6.07, 6.45) is 0. The summed E-state index contributed by atoms with van der Waals surface area (Å²) in [6.45, 7) is 2.16. The number of ether oxygens (including phenoxy) is 1. The second-order valence-electron chi connectivity index (χ2n) is 6.96. The number of halogens is 1. The van der Waals surface area contributed by atoms with Crippen LogP contribution in [0.2, 0.25) is 5.02 Å². The highest BCUT2D eigenvalue weighted by atomic mass is 35.5. The van der Waals surface area contributed by atoms with Gasteiger partial charge in [-0.15, -0.1) is 10.2 Å². The molecule has 0 aliphatic carbocycles. The summed E-state index contributed by atoms with van der Waals surface area (Å²) in [7, 11) is 1.85. The third-order valence-corrected chi connectivity index (χ3v) is 5.96. The van der Waals surface area contributed by atoms with Gasteiger partial charge in [0, 0.05) is 17.5 Å². The van der Waals surface area contributed by atoms with Gasteiger partial charge in [0.2, 0.25) is 5.91 Å². The second kappa shape index (κ2) is 9.45. The van der Waals surface area contributed by atoms with Gasteiger partial charge in [-0.05, 0) is 43.3 Å². The number of rotatable bonds is 8. The van der Waals surface area contributed by atoms with E-state index in [0.717, 1.165) is 16.7 Å². The zero-order chi connectivity index (χ0) is 21.8. The Bertz CT molecular complexity index is 1160. The normalized spacial score (nSPS) is 12.1. The highest BCUT2D eigenvalue weighted by Gasteiger charge is 2.16. The molecule has 1 amide bonds. The number of carbonyl (C=O) groups excluding carboxylic acids is 1. The molecule has 1 atom stereocenters. The number of nitrogens with one attached hydrogen (secondary N) is 1. The maximum atomic E-state index is 12.4. The molecule has 4 rings (SSSR count). The number of para-hydroxylation sites is 1. The molecule has 160 valence electrons. The van der Waals surface area contributed by atoms with Gasteiger partial charge in [0.1, 0.15) is 23.7 Å². The van der Waals surface area contributed by atoms with E-state index in [1.807, 2.05) is 48.9 Å². The third-order valence-electron chi connectivity index (χ3n) is 4.69. The van der Waals surface area contributed by atoms with E-state index in [9.17, 15) is 4.79 Å². The molecule has 1 N–H and O–H groups in total. The number of amides is 1. The van der Waals surface area contributed by atoms with Gasteiger partial charge in [0.15, 0.2) is 11.0 Å². The molecule has 0 spiro atoms. The molecule has 9 heteroatoms. The van der Waals surface area contributed by atoms with Gasteiger partial charge >= 0.3 is 0 Å². The maximum Gasteiger partial charge on any atom is 0.231 e. The van der Waals surface area contributed by atoms with E-state index in [4.69, 9.17) is 20.8 Å². The Morgan fingerprint density at radius 3 is 2.77 bits per heavy atom. The van der Waals surface area contributed by atoms with E-state index >= 15 is 0 Å². The van der Waals surface area contributed by atoms with Crippen LogP contribution in [-0.4, -0.2) is 26.4 Å². The average molecular weight is 457 g/mol. The summed E-state index contributed by atoms with van der Waals surface area (Å²) >= 11 is 7.20. The Hall–Kier alpha value is -2.97. The lowest BCUT2D eigenvalue weighted by Gasteiger charge is -2.11. The Kier molecular flexibility index (Phi) is 6.48. The van der Waals surface area contributed by atoms with E-state index in [0.29, 0.717) is 21.8 Å². The number of thioether (sulfide) groups is 1. The van der Waals surface area contributed by atoms with Crippen molar-refractivity contribution in [3.05, 3.63) is 71.2 Å². The van der Waals surface area contributed by atoms with Crippen LogP contribution in [0.3, 0.4) is 0 Å². The van der Waals surface area contributed by atoms with E-state index in [-0.39, 0.29) is 24.3 Å². The number of carbonyl (C=O) groups is 1. The van der Waals surface area contributed by atoms with E-state index in [1.54, 1.807) is 24.3 Å². The van der Waals surface area contributed by atoms with E-state index in [1.165, 1.54) is 11.8 Å². The first kappa shape index (κ1) is 21.3.